The maximum Gasteiger partial charge on any atom is 0.174 e. The van der Waals surface area contributed by atoms with Gasteiger partial charge in [0.05, 0.1) is 6.54 Å². The van der Waals surface area contributed by atoms with E-state index < -0.39 is 0 Å². The summed E-state index contributed by atoms with van der Waals surface area (Å²) in [5, 5.41) is 4.08. The van der Waals surface area contributed by atoms with Crippen LogP contribution in [0.1, 0.15) is 16.7 Å². The van der Waals surface area contributed by atoms with E-state index in [2.05, 4.69) is 65.7 Å². The van der Waals surface area contributed by atoms with Crippen LogP contribution in [0.3, 0.4) is 0 Å². The van der Waals surface area contributed by atoms with Crippen molar-refractivity contribution in [2.24, 2.45) is 0 Å². The summed E-state index contributed by atoms with van der Waals surface area (Å²) in [6.07, 6.45) is 0. The van der Waals surface area contributed by atoms with Crippen LogP contribution >= 0.6 is 12.2 Å². The summed E-state index contributed by atoms with van der Waals surface area (Å²) in [6.45, 7) is 3.73. The highest BCUT2D eigenvalue weighted by Crippen LogP contribution is 2.25. The first-order chi connectivity index (χ1) is 9.24. The average molecular weight is 268 g/mol. The van der Waals surface area contributed by atoms with Crippen molar-refractivity contribution in [1.82, 2.24) is 5.32 Å². The van der Waals surface area contributed by atoms with Crippen LogP contribution in [0, 0.1) is 6.92 Å². The Morgan fingerprint density at radius 3 is 2.63 bits per heavy atom. The molecule has 0 fully saturated rings. The molecule has 3 heteroatoms. The van der Waals surface area contributed by atoms with Gasteiger partial charge in [-0.1, -0.05) is 48.0 Å². The number of rotatable bonds is 2. The molecule has 0 saturated heterocycles. The number of aryl methyl sites for hydroxylation is 1. The molecule has 19 heavy (non-hydrogen) atoms. The van der Waals surface area contributed by atoms with Crippen LogP contribution < -0.4 is 10.2 Å². The van der Waals surface area contributed by atoms with Gasteiger partial charge in [0.1, 0.15) is 0 Å². The van der Waals surface area contributed by atoms with E-state index in [0.717, 1.165) is 18.2 Å². The van der Waals surface area contributed by atoms with Crippen molar-refractivity contribution >= 4 is 23.0 Å². The number of fused-ring (bicyclic) bond motifs is 1. The van der Waals surface area contributed by atoms with Crippen LogP contribution in [-0.4, -0.2) is 5.11 Å². The van der Waals surface area contributed by atoms with Gasteiger partial charge in [0, 0.05) is 12.2 Å². The predicted octanol–water partition coefficient (Wildman–Crippen LogP) is 3.39. The van der Waals surface area contributed by atoms with E-state index in [0.29, 0.717) is 0 Å². The number of para-hydroxylation sites is 1. The predicted molar refractivity (Wildman–Crippen MR) is 83.2 cm³/mol. The first kappa shape index (κ1) is 12.2. The lowest BCUT2D eigenvalue weighted by atomic mass is 10.1. The number of benzene rings is 2. The molecule has 1 heterocycles. The SMILES string of the molecule is Cc1ccc(CN2C(=S)NCc3ccccc32)cc1. The van der Waals surface area contributed by atoms with Gasteiger partial charge < -0.3 is 10.2 Å². The van der Waals surface area contributed by atoms with Gasteiger partial charge in [-0.2, -0.15) is 0 Å². The molecule has 1 aliphatic heterocycles. The molecular formula is C16H16N2S. The smallest absolute Gasteiger partial charge is 0.174 e. The Hall–Kier alpha value is -1.87. The van der Waals surface area contributed by atoms with E-state index in [4.69, 9.17) is 12.2 Å². The largest absolute Gasteiger partial charge is 0.358 e. The van der Waals surface area contributed by atoms with Gasteiger partial charge in [-0.25, -0.2) is 0 Å². The molecule has 96 valence electrons. The van der Waals surface area contributed by atoms with Crippen molar-refractivity contribution in [2.75, 3.05) is 4.90 Å². The molecule has 0 unspecified atom stereocenters. The highest BCUT2D eigenvalue weighted by molar-refractivity contribution is 7.80. The number of thiocarbonyl (C=S) groups is 1. The Balaban J connectivity index is 1.91. The fourth-order valence-electron chi connectivity index (χ4n) is 2.33. The summed E-state index contributed by atoms with van der Waals surface area (Å²) in [7, 11) is 0. The molecule has 2 aromatic rings. The Kier molecular flexibility index (Phi) is 3.22. The van der Waals surface area contributed by atoms with E-state index in [1.54, 1.807) is 0 Å². The van der Waals surface area contributed by atoms with Gasteiger partial charge in [-0.3, -0.25) is 0 Å². The maximum atomic E-state index is 5.44. The van der Waals surface area contributed by atoms with Crippen LogP contribution in [0.4, 0.5) is 5.69 Å². The third-order valence-electron chi connectivity index (χ3n) is 3.42. The first-order valence-electron chi connectivity index (χ1n) is 6.43. The zero-order valence-corrected chi connectivity index (χ0v) is 11.7. The van der Waals surface area contributed by atoms with Crippen molar-refractivity contribution in [3.05, 3.63) is 65.2 Å². The second-order valence-corrected chi connectivity index (χ2v) is 5.25. The van der Waals surface area contributed by atoms with Crippen LogP contribution in [0.25, 0.3) is 0 Å². The molecule has 0 atom stereocenters. The summed E-state index contributed by atoms with van der Waals surface area (Å²) in [5.74, 6) is 0. The number of anilines is 1. The van der Waals surface area contributed by atoms with E-state index in [1.807, 2.05) is 0 Å². The van der Waals surface area contributed by atoms with Crippen molar-refractivity contribution < 1.29 is 0 Å². The van der Waals surface area contributed by atoms with Crippen LogP contribution in [-0.2, 0) is 13.1 Å². The lowest BCUT2D eigenvalue weighted by Crippen LogP contribution is -2.43. The highest BCUT2D eigenvalue weighted by Gasteiger charge is 2.20. The zero-order valence-electron chi connectivity index (χ0n) is 10.9. The monoisotopic (exact) mass is 268 g/mol. The first-order valence-corrected chi connectivity index (χ1v) is 6.84. The second-order valence-electron chi connectivity index (χ2n) is 4.86. The molecule has 2 aromatic carbocycles. The number of hydrogen-bond acceptors (Lipinski definition) is 1. The molecule has 0 spiro atoms. The summed E-state index contributed by atoms with van der Waals surface area (Å²) >= 11 is 5.44. The van der Waals surface area contributed by atoms with E-state index in [1.165, 1.54) is 22.4 Å². The fraction of sp³-hybridized carbons (Fsp3) is 0.188. The minimum atomic E-state index is 0.805. The minimum absolute atomic E-state index is 0.805. The fourth-order valence-corrected chi connectivity index (χ4v) is 2.57. The molecule has 1 aliphatic rings. The maximum absolute atomic E-state index is 5.44. The van der Waals surface area contributed by atoms with Gasteiger partial charge in [0.15, 0.2) is 5.11 Å². The van der Waals surface area contributed by atoms with Gasteiger partial charge >= 0.3 is 0 Å². The van der Waals surface area contributed by atoms with Crippen molar-refractivity contribution in [3.8, 4) is 0 Å². The van der Waals surface area contributed by atoms with Crippen LogP contribution in [0.5, 0.6) is 0 Å². The normalized spacial score (nSPS) is 13.9. The minimum Gasteiger partial charge on any atom is -0.358 e. The zero-order chi connectivity index (χ0) is 13.2. The lowest BCUT2D eigenvalue weighted by Gasteiger charge is -2.32. The number of nitrogens with zero attached hydrogens (tertiary/aromatic N) is 1. The van der Waals surface area contributed by atoms with Gasteiger partial charge in [0.2, 0.25) is 0 Å². The summed E-state index contributed by atoms with van der Waals surface area (Å²) < 4.78 is 0. The Morgan fingerprint density at radius 1 is 1.11 bits per heavy atom. The summed E-state index contributed by atoms with van der Waals surface area (Å²) in [4.78, 5) is 2.17. The van der Waals surface area contributed by atoms with Crippen molar-refractivity contribution in [2.45, 2.75) is 20.0 Å². The topological polar surface area (TPSA) is 15.3 Å². The number of nitrogens with one attached hydrogen (secondary N) is 1. The Bertz CT molecular complexity index is 604. The molecule has 0 bridgehead atoms. The third kappa shape index (κ3) is 2.47. The molecule has 2 nitrogen and oxygen atoms in total. The quantitative estimate of drug-likeness (QED) is 0.841. The highest BCUT2D eigenvalue weighted by atomic mass is 32.1. The third-order valence-corrected chi connectivity index (χ3v) is 3.78. The molecule has 0 amide bonds. The summed E-state index contributed by atoms with van der Waals surface area (Å²) in [6, 6.07) is 17.0. The van der Waals surface area contributed by atoms with Crippen LogP contribution in [0.15, 0.2) is 48.5 Å². The van der Waals surface area contributed by atoms with Crippen LogP contribution in [0.2, 0.25) is 0 Å². The van der Waals surface area contributed by atoms with Gasteiger partial charge in [-0.15, -0.1) is 0 Å². The molecule has 3 rings (SSSR count). The average Bonchev–Trinajstić information content (AvgIpc) is 2.44. The Morgan fingerprint density at radius 2 is 1.84 bits per heavy atom. The van der Waals surface area contributed by atoms with E-state index in [-0.39, 0.29) is 0 Å². The van der Waals surface area contributed by atoms with Gasteiger partial charge in [-0.05, 0) is 36.3 Å². The van der Waals surface area contributed by atoms with Crippen molar-refractivity contribution in [3.63, 3.8) is 0 Å². The van der Waals surface area contributed by atoms with E-state index in [9.17, 15) is 0 Å². The molecule has 0 aliphatic carbocycles. The van der Waals surface area contributed by atoms with E-state index >= 15 is 0 Å². The standard InChI is InChI=1S/C16H16N2S/c1-12-6-8-13(9-7-12)11-18-15-5-3-2-4-14(15)10-17-16(18)19/h2-9H,10-11H2,1H3,(H,17,19). The molecule has 0 saturated carbocycles. The Labute approximate surface area is 119 Å². The van der Waals surface area contributed by atoms with Crippen molar-refractivity contribution in [1.29, 1.82) is 0 Å². The molecular weight excluding hydrogens is 252 g/mol. The molecule has 0 aromatic heterocycles. The lowest BCUT2D eigenvalue weighted by molar-refractivity contribution is 0.834. The molecule has 0 radical (unpaired) electrons. The van der Waals surface area contributed by atoms with Gasteiger partial charge in [0.25, 0.3) is 0 Å². The summed E-state index contributed by atoms with van der Waals surface area (Å²) in [5.41, 5.74) is 5.06. The molecule has 1 N–H and O–H groups in total. The number of hydrogen-bond donors (Lipinski definition) is 1. The second kappa shape index (κ2) is 5.02.